The summed E-state index contributed by atoms with van der Waals surface area (Å²) >= 11 is 0. The van der Waals surface area contributed by atoms with Gasteiger partial charge in [0.25, 0.3) is 5.56 Å². The van der Waals surface area contributed by atoms with Crippen LogP contribution in [0.5, 0.6) is 0 Å². The molecule has 3 heteroatoms. The predicted octanol–water partition coefficient (Wildman–Crippen LogP) is 1.60. The summed E-state index contributed by atoms with van der Waals surface area (Å²) in [6, 6.07) is 2.02. The number of rotatable bonds is 4. The Morgan fingerprint density at radius 2 is 2.25 bits per heavy atom. The van der Waals surface area contributed by atoms with Crippen molar-refractivity contribution in [3.63, 3.8) is 0 Å². The van der Waals surface area contributed by atoms with E-state index < -0.39 is 0 Å². The minimum absolute atomic E-state index is 0.136. The Kier molecular flexibility index (Phi) is 3.44. The minimum atomic E-state index is 0.136. The van der Waals surface area contributed by atoms with Crippen LogP contribution in [-0.2, 0) is 25.9 Å². The molecule has 0 aliphatic heterocycles. The van der Waals surface area contributed by atoms with Gasteiger partial charge >= 0.3 is 0 Å². The summed E-state index contributed by atoms with van der Waals surface area (Å²) in [7, 11) is 0. The van der Waals surface area contributed by atoms with Crippen LogP contribution >= 0.6 is 0 Å². The molecule has 0 aromatic carbocycles. The smallest absolute Gasteiger partial charge is 0.255 e. The van der Waals surface area contributed by atoms with Crippen LogP contribution in [0.4, 0.5) is 0 Å². The van der Waals surface area contributed by atoms with E-state index in [9.17, 15) is 4.79 Å². The van der Waals surface area contributed by atoms with Crippen molar-refractivity contribution in [2.24, 2.45) is 5.73 Å². The lowest BCUT2D eigenvalue weighted by Crippen LogP contribution is -2.28. The van der Waals surface area contributed by atoms with E-state index in [1.165, 1.54) is 17.7 Å². The van der Waals surface area contributed by atoms with Crippen LogP contribution in [0.1, 0.15) is 43.0 Å². The van der Waals surface area contributed by atoms with Crippen LogP contribution in [0.25, 0.3) is 0 Å². The maximum absolute atomic E-state index is 12.1. The molecule has 1 aliphatic carbocycles. The second-order valence-corrected chi connectivity index (χ2v) is 4.51. The predicted molar refractivity (Wildman–Crippen MR) is 65.5 cm³/mol. The fraction of sp³-hybridized carbons (Fsp3) is 0.615. The highest BCUT2D eigenvalue weighted by molar-refractivity contribution is 5.30. The molecule has 0 bridgehead atoms. The van der Waals surface area contributed by atoms with Gasteiger partial charge in [-0.15, -0.1) is 0 Å². The van der Waals surface area contributed by atoms with Crippen LogP contribution in [0.2, 0.25) is 0 Å². The lowest BCUT2D eigenvalue weighted by Gasteiger charge is -2.13. The third kappa shape index (κ3) is 1.92. The number of nitrogens with two attached hydrogens (primary N) is 1. The maximum Gasteiger partial charge on any atom is 0.255 e. The van der Waals surface area contributed by atoms with Crippen molar-refractivity contribution in [3.05, 3.63) is 33.2 Å². The lowest BCUT2D eigenvalue weighted by atomic mass is 10.1. The molecule has 0 spiro atoms. The van der Waals surface area contributed by atoms with Gasteiger partial charge in [0.05, 0.1) is 0 Å². The highest BCUT2D eigenvalue weighted by Crippen LogP contribution is 2.21. The highest BCUT2D eigenvalue weighted by Gasteiger charge is 2.17. The Morgan fingerprint density at radius 3 is 2.94 bits per heavy atom. The summed E-state index contributed by atoms with van der Waals surface area (Å²) in [5, 5.41) is 0. The van der Waals surface area contributed by atoms with E-state index in [0.717, 1.165) is 37.8 Å². The molecule has 2 rings (SSSR count). The first kappa shape index (κ1) is 11.4. The first-order chi connectivity index (χ1) is 7.77. The van der Waals surface area contributed by atoms with Crippen molar-refractivity contribution in [1.29, 1.82) is 0 Å². The van der Waals surface area contributed by atoms with Gasteiger partial charge < -0.3 is 10.3 Å². The number of nitrogens with zero attached hydrogens (tertiary/aromatic N) is 1. The van der Waals surface area contributed by atoms with Crippen molar-refractivity contribution < 1.29 is 0 Å². The monoisotopic (exact) mass is 220 g/mol. The lowest BCUT2D eigenvalue weighted by molar-refractivity contribution is 0.585. The molecule has 1 aromatic rings. The van der Waals surface area contributed by atoms with E-state index in [1.54, 1.807) is 0 Å². The molecule has 1 aliphatic rings. The van der Waals surface area contributed by atoms with Crippen LogP contribution in [-0.4, -0.2) is 4.57 Å². The first-order valence-corrected chi connectivity index (χ1v) is 6.22. The third-order valence-electron chi connectivity index (χ3n) is 3.38. The molecular weight excluding hydrogens is 200 g/mol. The highest BCUT2D eigenvalue weighted by atomic mass is 16.1. The van der Waals surface area contributed by atoms with Crippen LogP contribution in [0, 0.1) is 0 Å². The van der Waals surface area contributed by atoms with E-state index in [2.05, 4.69) is 6.92 Å². The number of hydrogen-bond acceptors (Lipinski definition) is 2. The van der Waals surface area contributed by atoms with E-state index >= 15 is 0 Å². The van der Waals surface area contributed by atoms with E-state index in [1.807, 2.05) is 10.6 Å². The Bertz CT molecular complexity index is 434. The largest absolute Gasteiger partial charge is 0.326 e. The van der Waals surface area contributed by atoms with Crippen LogP contribution in [0.3, 0.4) is 0 Å². The summed E-state index contributed by atoms with van der Waals surface area (Å²) in [6.07, 6.45) is 5.53. The van der Waals surface area contributed by atoms with Gasteiger partial charge in [0.15, 0.2) is 0 Å². The van der Waals surface area contributed by atoms with Crippen molar-refractivity contribution >= 4 is 0 Å². The topological polar surface area (TPSA) is 48.0 Å². The number of aromatic nitrogens is 1. The van der Waals surface area contributed by atoms with Gasteiger partial charge in [-0.05, 0) is 37.3 Å². The number of aryl methyl sites for hydroxylation is 1. The van der Waals surface area contributed by atoms with E-state index in [0.29, 0.717) is 6.54 Å². The summed E-state index contributed by atoms with van der Waals surface area (Å²) in [5.74, 6) is 0. The van der Waals surface area contributed by atoms with Crippen molar-refractivity contribution in [3.8, 4) is 0 Å². The summed E-state index contributed by atoms with van der Waals surface area (Å²) in [4.78, 5) is 12.1. The Hall–Kier alpha value is -1.09. The molecule has 1 aromatic heterocycles. The molecule has 0 saturated heterocycles. The van der Waals surface area contributed by atoms with E-state index in [4.69, 9.17) is 5.73 Å². The van der Waals surface area contributed by atoms with Crippen molar-refractivity contribution in [2.75, 3.05) is 0 Å². The summed E-state index contributed by atoms with van der Waals surface area (Å²) in [5.41, 5.74) is 9.14. The SMILES string of the molecule is CCCCn1c2c(cc(CN)c1=O)CCC2. The van der Waals surface area contributed by atoms with Crippen molar-refractivity contribution in [2.45, 2.75) is 52.1 Å². The molecule has 1 heterocycles. The number of unbranched alkanes of at least 4 members (excludes halogenated alkanes) is 1. The fourth-order valence-electron chi connectivity index (χ4n) is 2.48. The molecule has 0 atom stereocenters. The second kappa shape index (κ2) is 4.83. The van der Waals surface area contributed by atoms with Gasteiger partial charge in [0, 0.05) is 24.3 Å². The maximum atomic E-state index is 12.1. The zero-order valence-corrected chi connectivity index (χ0v) is 9.96. The minimum Gasteiger partial charge on any atom is -0.326 e. The average Bonchev–Trinajstić information content (AvgIpc) is 2.75. The Balaban J connectivity index is 2.47. The fourth-order valence-corrected chi connectivity index (χ4v) is 2.48. The number of fused-ring (bicyclic) bond motifs is 1. The van der Waals surface area contributed by atoms with Gasteiger partial charge in [-0.2, -0.15) is 0 Å². The normalized spacial score (nSPS) is 14.1. The molecule has 0 radical (unpaired) electrons. The molecule has 2 N–H and O–H groups in total. The zero-order valence-electron chi connectivity index (χ0n) is 9.96. The molecule has 88 valence electrons. The van der Waals surface area contributed by atoms with E-state index in [-0.39, 0.29) is 5.56 Å². The summed E-state index contributed by atoms with van der Waals surface area (Å²) in [6.45, 7) is 3.36. The molecule has 0 saturated carbocycles. The van der Waals surface area contributed by atoms with Crippen LogP contribution in [0.15, 0.2) is 10.9 Å². The molecule has 3 nitrogen and oxygen atoms in total. The number of hydrogen-bond donors (Lipinski definition) is 1. The van der Waals surface area contributed by atoms with Gasteiger partial charge in [-0.1, -0.05) is 13.3 Å². The molecule has 0 amide bonds. The summed E-state index contributed by atoms with van der Waals surface area (Å²) < 4.78 is 1.97. The number of pyridine rings is 1. The second-order valence-electron chi connectivity index (χ2n) is 4.51. The quantitative estimate of drug-likeness (QED) is 0.837. The Morgan fingerprint density at radius 1 is 1.44 bits per heavy atom. The van der Waals surface area contributed by atoms with Gasteiger partial charge in [-0.25, -0.2) is 0 Å². The Labute approximate surface area is 96.3 Å². The van der Waals surface area contributed by atoms with Gasteiger partial charge in [-0.3, -0.25) is 4.79 Å². The van der Waals surface area contributed by atoms with Crippen molar-refractivity contribution in [1.82, 2.24) is 4.57 Å². The average molecular weight is 220 g/mol. The zero-order chi connectivity index (χ0) is 11.5. The van der Waals surface area contributed by atoms with Gasteiger partial charge in [0.1, 0.15) is 0 Å². The first-order valence-electron chi connectivity index (χ1n) is 6.22. The molecule has 0 unspecified atom stereocenters. The molecular formula is C13H20N2O. The molecule has 0 fully saturated rings. The van der Waals surface area contributed by atoms with Gasteiger partial charge in [0.2, 0.25) is 0 Å². The van der Waals surface area contributed by atoms with Crippen LogP contribution < -0.4 is 11.3 Å². The standard InChI is InChI=1S/C13H20N2O/c1-2-3-7-15-12-6-4-5-10(12)8-11(9-14)13(15)16/h8H,2-7,9,14H2,1H3. The third-order valence-corrected chi connectivity index (χ3v) is 3.38. The molecule has 16 heavy (non-hydrogen) atoms.